The van der Waals surface area contributed by atoms with Crippen molar-refractivity contribution in [1.82, 2.24) is 10.2 Å². The molecule has 5 heteroatoms. The van der Waals surface area contributed by atoms with Gasteiger partial charge in [-0.1, -0.05) is 6.92 Å². The number of hydrogen-bond acceptors (Lipinski definition) is 2. The smallest absolute Gasteiger partial charge is 0.317 e. The molecule has 5 nitrogen and oxygen atoms in total. The van der Waals surface area contributed by atoms with Crippen LogP contribution in [0.25, 0.3) is 0 Å². The molecule has 90 valence electrons. The van der Waals surface area contributed by atoms with Gasteiger partial charge in [0.25, 0.3) is 0 Å². The molecule has 0 aromatic rings. The van der Waals surface area contributed by atoms with Crippen LogP contribution in [0.15, 0.2) is 0 Å². The number of likely N-dealkylation sites (tertiary alicyclic amines) is 1. The maximum Gasteiger partial charge on any atom is 0.317 e. The van der Waals surface area contributed by atoms with Crippen molar-refractivity contribution in [3.63, 3.8) is 0 Å². The van der Waals surface area contributed by atoms with Crippen molar-refractivity contribution in [2.75, 3.05) is 19.6 Å². The van der Waals surface area contributed by atoms with E-state index in [0.29, 0.717) is 25.6 Å². The molecule has 1 saturated heterocycles. The highest BCUT2D eigenvalue weighted by atomic mass is 16.4. The summed E-state index contributed by atoms with van der Waals surface area (Å²) in [5, 5.41) is 11.5. The van der Waals surface area contributed by atoms with E-state index in [0.717, 1.165) is 5.92 Å². The van der Waals surface area contributed by atoms with Crippen LogP contribution < -0.4 is 5.32 Å². The van der Waals surface area contributed by atoms with Crippen molar-refractivity contribution in [3.8, 4) is 0 Å². The number of carboxylic acid groups (broad SMARTS) is 1. The zero-order chi connectivity index (χ0) is 11.7. The third kappa shape index (κ3) is 2.46. The molecule has 2 rings (SSSR count). The highest BCUT2D eigenvalue weighted by Gasteiger charge is 2.36. The Morgan fingerprint density at radius 1 is 1.44 bits per heavy atom. The molecule has 1 aliphatic carbocycles. The van der Waals surface area contributed by atoms with Gasteiger partial charge in [0.1, 0.15) is 0 Å². The first-order valence-electron chi connectivity index (χ1n) is 5.83. The number of nitrogens with zero attached hydrogens (tertiary/aromatic N) is 1. The van der Waals surface area contributed by atoms with Crippen LogP contribution in [0.3, 0.4) is 0 Å². The summed E-state index contributed by atoms with van der Waals surface area (Å²) in [6.07, 6.45) is 2.56. The fourth-order valence-corrected chi connectivity index (χ4v) is 1.99. The van der Waals surface area contributed by atoms with Crippen LogP contribution in [-0.2, 0) is 4.79 Å². The Morgan fingerprint density at radius 2 is 2.06 bits per heavy atom. The van der Waals surface area contributed by atoms with Gasteiger partial charge in [-0.25, -0.2) is 4.79 Å². The predicted molar refractivity (Wildman–Crippen MR) is 58.0 cm³/mol. The number of carboxylic acids is 1. The van der Waals surface area contributed by atoms with E-state index in [4.69, 9.17) is 5.11 Å². The van der Waals surface area contributed by atoms with Crippen LogP contribution in [-0.4, -0.2) is 41.6 Å². The first-order chi connectivity index (χ1) is 7.58. The van der Waals surface area contributed by atoms with E-state index in [1.165, 1.54) is 12.8 Å². The number of rotatable bonds is 4. The van der Waals surface area contributed by atoms with Crippen LogP contribution in [0.4, 0.5) is 4.79 Å². The molecule has 0 bridgehead atoms. The fourth-order valence-electron chi connectivity index (χ4n) is 1.99. The number of amides is 2. The Morgan fingerprint density at radius 3 is 2.56 bits per heavy atom. The first-order valence-corrected chi connectivity index (χ1v) is 5.83. The Hall–Kier alpha value is -1.26. The van der Waals surface area contributed by atoms with Crippen molar-refractivity contribution >= 4 is 12.0 Å². The van der Waals surface area contributed by atoms with Gasteiger partial charge in [0.15, 0.2) is 0 Å². The highest BCUT2D eigenvalue weighted by Crippen LogP contribution is 2.36. The van der Waals surface area contributed by atoms with Gasteiger partial charge >= 0.3 is 12.0 Å². The lowest BCUT2D eigenvalue weighted by Crippen LogP contribution is -2.56. The number of carbonyl (C=O) groups excluding carboxylic acids is 1. The highest BCUT2D eigenvalue weighted by molar-refractivity contribution is 5.79. The largest absolute Gasteiger partial charge is 0.481 e. The van der Waals surface area contributed by atoms with Crippen LogP contribution >= 0.6 is 0 Å². The topological polar surface area (TPSA) is 69.6 Å². The van der Waals surface area contributed by atoms with Crippen molar-refractivity contribution in [3.05, 3.63) is 0 Å². The molecule has 1 aliphatic heterocycles. The minimum Gasteiger partial charge on any atom is -0.481 e. The number of carbonyl (C=O) groups is 2. The maximum absolute atomic E-state index is 11.6. The van der Waals surface area contributed by atoms with E-state index >= 15 is 0 Å². The van der Waals surface area contributed by atoms with E-state index in [1.807, 2.05) is 0 Å². The number of hydrogen-bond donors (Lipinski definition) is 2. The molecule has 2 fully saturated rings. The van der Waals surface area contributed by atoms with E-state index in [-0.39, 0.29) is 11.9 Å². The molecule has 1 heterocycles. The lowest BCUT2D eigenvalue weighted by Gasteiger charge is -2.36. The SMILES string of the molecule is CC(CNC(=O)N1CC(C(=O)O)C1)C1CC1. The van der Waals surface area contributed by atoms with Gasteiger partial charge < -0.3 is 15.3 Å². The van der Waals surface area contributed by atoms with Crippen molar-refractivity contribution in [2.24, 2.45) is 17.8 Å². The summed E-state index contributed by atoms with van der Waals surface area (Å²) < 4.78 is 0. The van der Waals surface area contributed by atoms with Gasteiger partial charge in [0.2, 0.25) is 0 Å². The van der Waals surface area contributed by atoms with E-state index in [9.17, 15) is 9.59 Å². The van der Waals surface area contributed by atoms with Gasteiger partial charge in [-0.3, -0.25) is 4.79 Å². The molecule has 2 amide bonds. The van der Waals surface area contributed by atoms with Crippen molar-refractivity contribution in [2.45, 2.75) is 19.8 Å². The monoisotopic (exact) mass is 226 g/mol. The molecule has 0 radical (unpaired) electrons. The molecule has 2 aliphatic rings. The normalized spacial score (nSPS) is 22.4. The summed E-state index contributed by atoms with van der Waals surface area (Å²) in [7, 11) is 0. The summed E-state index contributed by atoms with van der Waals surface area (Å²) in [4.78, 5) is 23.7. The summed E-state index contributed by atoms with van der Waals surface area (Å²) in [6.45, 7) is 3.55. The molecule has 0 aromatic heterocycles. The first kappa shape index (κ1) is 11.2. The van der Waals surface area contributed by atoms with Crippen LogP contribution in [0.5, 0.6) is 0 Å². The quantitative estimate of drug-likeness (QED) is 0.743. The summed E-state index contributed by atoms with van der Waals surface area (Å²) in [6, 6.07) is -0.120. The zero-order valence-electron chi connectivity index (χ0n) is 9.48. The lowest BCUT2D eigenvalue weighted by atomic mass is 10.0. The molecule has 1 saturated carbocycles. The van der Waals surface area contributed by atoms with Gasteiger partial charge in [-0.2, -0.15) is 0 Å². The Balaban J connectivity index is 1.63. The number of aliphatic carboxylic acids is 1. The van der Waals surface area contributed by atoms with Gasteiger partial charge in [0, 0.05) is 19.6 Å². The second-order valence-corrected chi connectivity index (χ2v) is 4.94. The van der Waals surface area contributed by atoms with Gasteiger partial charge in [-0.05, 0) is 24.7 Å². The van der Waals surface area contributed by atoms with Crippen molar-refractivity contribution in [1.29, 1.82) is 0 Å². The molecule has 1 unspecified atom stereocenters. The average Bonchev–Trinajstić information content (AvgIpc) is 2.93. The summed E-state index contributed by atoms with van der Waals surface area (Å²) in [5.74, 6) is 0.144. The Bertz CT molecular complexity index is 296. The molecule has 16 heavy (non-hydrogen) atoms. The average molecular weight is 226 g/mol. The van der Waals surface area contributed by atoms with Gasteiger partial charge in [0.05, 0.1) is 5.92 Å². The fraction of sp³-hybridized carbons (Fsp3) is 0.818. The number of nitrogens with one attached hydrogen (secondary N) is 1. The predicted octanol–water partition coefficient (Wildman–Crippen LogP) is 0.758. The van der Waals surface area contributed by atoms with Gasteiger partial charge in [-0.15, -0.1) is 0 Å². The summed E-state index contributed by atoms with van der Waals surface area (Å²) >= 11 is 0. The minimum atomic E-state index is -0.810. The van der Waals surface area contributed by atoms with Crippen LogP contribution in [0.2, 0.25) is 0 Å². The Kier molecular flexibility index (Phi) is 3.03. The lowest BCUT2D eigenvalue weighted by molar-refractivity contribution is -0.146. The standard InChI is InChI=1S/C11H18N2O3/c1-7(8-2-3-8)4-12-11(16)13-5-9(6-13)10(14)15/h7-9H,2-6H2,1H3,(H,12,16)(H,14,15). The van der Waals surface area contributed by atoms with E-state index < -0.39 is 5.97 Å². The van der Waals surface area contributed by atoms with Crippen molar-refractivity contribution < 1.29 is 14.7 Å². The van der Waals surface area contributed by atoms with E-state index in [1.54, 1.807) is 4.90 Å². The molecule has 1 atom stereocenters. The second-order valence-electron chi connectivity index (χ2n) is 4.94. The maximum atomic E-state index is 11.6. The molecular weight excluding hydrogens is 208 g/mol. The second kappa shape index (κ2) is 4.31. The minimum absolute atomic E-state index is 0.120. The Labute approximate surface area is 94.8 Å². The van der Waals surface area contributed by atoms with Crippen LogP contribution in [0.1, 0.15) is 19.8 Å². The molecular formula is C11H18N2O3. The van der Waals surface area contributed by atoms with Crippen LogP contribution in [0, 0.1) is 17.8 Å². The third-order valence-electron chi connectivity index (χ3n) is 3.52. The molecule has 0 spiro atoms. The zero-order valence-corrected chi connectivity index (χ0v) is 9.48. The number of urea groups is 1. The van der Waals surface area contributed by atoms with E-state index in [2.05, 4.69) is 12.2 Å². The molecule has 0 aromatic carbocycles. The molecule has 2 N–H and O–H groups in total. The summed E-state index contributed by atoms with van der Waals surface area (Å²) in [5.41, 5.74) is 0. The third-order valence-corrected chi connectivity index (χ3v) is 3.52.